The van der Waals surface area contributed by atoms with Crippen LogP contribution in [0, 0.1) is 18.6 Å². The summed E-state index contributed by atoms with van der Waals surface area (Å²) in [6.07, 6.45) is 3.61. The van der Waals surface area contributed by atoms with Crippen molar-refractivity contribution in [2.75, 3.05) is 7.11 Å². The molecule has 2 aromatic rings. The number of carbonyl (C=O) groups is 2. The van der Waals surface area contributed by atoms with Gasteiger partial charge >= 0.3 is 5.97 Å². The molecule has 0 atom stereocenters. The van der Waals surface area contributed by atoms with Crippen molar-refractivity contribution >= 4 is 11.9 Å². The molecule has 138 valence electrons. The van der Waals surface area contributed by atoms with Crippen LogP contribution in [-0.4, -0.2) is 33.7 Å². The highest BCUT2D eigenvalue weighted by molar-refractivity contribution is 5.94. The predicted molar refractivity (Wildman–Crippen MR) is 89.7 cm³/mol. The van der Waals surface area contributed by atoms with Crippen LogP contribution in [0.5, 0.6) is 0 Å². The first-order chi connectivity index (χ1) is 12.3. The van der Waals surface area contributed by atoms with E-state index in [0.717, 1.165) is 41.6 Å². The Hall–Kier alpha value is -3.03. The van der Waals surface area contributed by atoms with Crippen molar-refractivity contribution in [1.29, 1.82) is 0 Å². The molecular weight excluding hydrogens is 344 g/mol. The summed E-state index contributed by atoms with van der Waals surface area (Å²) in [6, 6.07) is 3.05. The Kier molecular flexibility index (Phi) is 6.21. The van der Waals surface area contributed by atoms with Crippen molar-refractivity contribution in [2.24, 2.45) is 7.05 Å². The number of benzene rings is 1. The van der Waals surface area contributed by atoms with E-state index in [9.17, 15) is 18.4 Å². The molecule has 0 N–H and O–H groups in total. The van der Waals surface area contributed by atoms with Gasteiger partial charge in [-0.05, 0) is 25.1 Å². The molecular formula is C18H19F2N3O3. The summed E-state index contributed by atoms with van der Waals surface area (Å²) < 4.78 is 33.5. The molecule has 8 heteroatoms. The number of methoxy groups -OCH3 is 1. The Bertz CT molecular complexity index is 846. The van der Waals surface area contributed by atoms with E-state index in [0.29, 0.717) is 0 Å². The molecule has 6 nitrogen and oxygen atoms in total. The topological polar surface area (TPSA) is 64.4 Å². The first-order valence-corrected chi connectivity index (χ1v) is 7.78. The second kappa shape index (κ2) is 8.37. The number of rotatable bonds is 6. The molecule has 1 aromatic carbocycles. The Labute approximate surface area is 149 Å². The molecule has 0 saturated heterocycles. The number of aryl methyl sites for hydroxylation is 1. The molecule has 0 aliphatic rings. The quantitative estimate of drug-likeness (QED) is 0.583. The van der Waals surface area contributed by atoms with Gasteiger partial charge in [0.2, 0.25) is 5.91 Å². The van der Waals surface area contributed by atoms with Crippen molar-refractivity contribution in [3.05, 3.63) is 65.0 Å². The SMILES string of the molecule is COC(=O)/C=C/C(=O)N(Cc1cc(F)ccc1F)Cc1cnn(C)c1C. The zero-order valence-corrected chi connectivity index (χ0v) is 14.7. The van der Waals surface area contributed by atoms with Crippen LogP contribution in [-0.2, 0) is 34.5 Å². The molecule has 26 heavy (non-hydrogen) atoms. The largest absolute Gasteiger partial charge is 0.466 e. The van der Waals surface area contributed by atoms with Crippen LogP contribution in [0.25, 0.3) is 0 Å². The highest BCUT2D eigenvalue weighted by atomic mass is 19.1. The zero-order chi connectivity index (χ0) is 19.3. The van der Waals surface area contributed by atoms with Gasteiger partial charge in [0.1, 0.15) is 11.6 Å². The number of hydrogen-bond acceptors (Lipinski definition) is 4. The second-order valence-electron chi connectivity index (χ2n) is 5.67. The molecule has 0 bridgehead atoms. The fourth-order valence-corrected chi connectivity index (χ4v) is 2.30. The Morgan fingerprint density at radius 1 is 1.23 bits per heavy atom. The summed E-state index contributed by atoms with van der Waals surface area (Å²) in [7, 11) is 2.95. The van der Waals surface area contributed by atoms with Gasteiger partial charge in [-0.3, -0.25) is 9.48 Å². The van der Waals surface area contributed by atoms with Gasteiger partial charge in [0.25, 0.3) is 0 Å². The predicted octanol–water partition coefficient (Wildman–Crippen LogP) is 2.26. The van der Waals surface area contributed by atoms with Gasteiger partial charge in [-0.2, -0.15) is 5.10 Å². The van der Waals surface area contributed by atoms with Crippen molar-refractivity contribution < 1.29 is 23.1 Å². The molecule has 0 unspecified atom stereocenters. The number of halogens is 2. The van der Waals surface area contributed by atoms with Gasteiger partial charge in [0, 0.05) is 49.1 Å². The van der Waals surface area contributed by atoms with Crippen LogP contribution in [0.1, 0.15) is 16.8 Å². The van der Waals surface area contributed by atoms with Gasteiger partial charge in [0.05, 0.1) is 13.3 Å². The van der Waals surface area contributed by atoms with Crippen LogP contribution in [0.2, 0.25) is 0 Å². The maximum Gasteiger partial charge on any atom is 0.330 e. The molecule has 1 aromatic heterocycles. The van der Waals surface area contributed by atoms with Crippen LogP contribution in [0.15, 0.2) is 36.5 Å². The fraction of sp³-hybridized carbons (Fsp3) is 0.278. The van der Waals surface area contributed by atoms with E-state index in [-0.39, 0.29) is 18.7 Å². The van der Waals surface area contributed by atoms with Crippen molar-refractivity contribution in [3.63, 3.8) is 0 Å². The van der Waals surface area contributed by atoms with Crippen molar-refractivity contribution in [3.8, 4) is 0 Å². The molecule has 0 spiro atoms. The fourth-order valence-electron chi connectivity index (χ4n) is 2.30. The lowest BCUT2D eigenvalue weighted by molar-refractivity contribution is -0.135. The second-order valence-corrected chi connectivity index (χ2v) is 5.67. The summed E-state index contributed by atoms with van der Waals surface area (Å²) in [4.78, 5) is 25.0. The number of esters is 1. The van der Waals surface area contributed by atoms with Crippen LogP contribution in [0.4, 0.5) is 8.78 Å². The van der Waals surface area contributed by atoms with Crippen LogP contribution in [0.3, 0.4) is 0 Å². The van der Waals surface area contributed by atoms with Crippen molar-refractivity contribution in [2.45, 2.75) is 20.0 Å². The standard InChI is InChI=1S/C18H19F2N3O3/c1-12-14(9-21-22(12)2)11-23(17(24)6-7-18(25)26-3)10-13-8-15(19)4-5-16(13)20/h4-9H,10-11H2,1-3H3/b7-6+. The molecule has 0 saturated carbocycles. The highest BCUT2D eigenvalue weighted by Gasteiger charge is 2.17. The van der Waals surface area contributed by atoms with E-state index in [1.165, 1.54) is 12.0 Å². The summed E-state index contributed by atoms with van der Waals surface area (Å²) in [5.41, 5.74) is 1.62. The number of ether oxygens (including phenoxy) is 1. The Balaban J connectivity index is 2.29. The number of nitrogens with zero attached hydrogens (tertiary/aromatic N) is 3. The van der Waals surface area contributed by atoms with Gasteiger partial charge in [0.15, 0.2) is 0 Å². The van der Waals surface area contributed by atoms with E-state index in [1.54, 1.807) is 17.9 Å². The Morgan fingerprint density at radius 2 is 1.92 bits per heavy atom. The lowest BCUT2D eigenvalue weighted by Crippen LogP contribution is -2.29. The molecule has 0 radical (unpaired) electrons. The maximum absolute atomic E-state index is 14.0. The van der Waals surface area contributed by atoms with E-state index in [4.69, 9.17) is 0 Å². The molecule has 1 heterocycles. The lowest BCUT2D eigenvalue weighted by Gasteiger charge is -2.21. The summed E-state index contributed by atoms with van der Waals surface area (Å²) in [6.45, 7) is 1.79. The van der Waals surface area contributed by atoms with Gasteiger partial charge in [-0.15, -0.1) is 0 Å². The van der Waals surface area contributed by atoms with Crippen LogP contribution >= 0.6 is 0 Å². The average molecular weight is 363 g/mol. The number of hydrogen-bond donors (Lipinski definition) is 0. The monoisotopic (exact) mass is 363 g/mol. The summed E-state index contributed by atoms with van der Waals surface area (Å²) in [5.74, 6) is -2.45. The third-order valence-electron chi connectivity index (χ3n) is 3.94. The minimum atomic E-state index is -0.687. The smallest absolute Gasteiger partial charge is 0.330 e. The summed E-state index contributed by atoms with van der Waals surface area (Å²) >= 11 is 0. The highest BCUT2D eigenvalue weighted by Crippen LogP contribution is 2.16. The number of aromatic nitrogens is 2. The molecule has 2 rings (SSSR count). The lowest BCUT2D eigenvalue weighted by atomic mass is 10.1. The summed E-state index contributed by atoms with van der Waals surface area (Å²) in [5, 5.41) is 4.11. The number of carbonyl (C=O) groups excluding carboxylic acids is 2. The molecule has 0 aliphatic heterocycles. The molecule has 0 fully saturated rings. The third-order valence-corrected chi connectivity index (χ3v) is 3.94. The molecule has 0 aliphatic carbocycles. The van der Waals surface area contributed by atoms with E-state index in [2.05, 4.69) is 9.84 Å². The minimum Gasteiger partial charge on any atom is -0.466 e. The third kappa shape index (κ3) is 4.75. The van der Waals surface area contributed by atoms with Gasteiger partial charge in [-0.1, -0.05) is 0 Å². The molecule has 1 amide bonds. The average Bonchev–Trinajstić information content (AvgIpc) is 2.93. The Morgan fingerprint density at radius 3 is 2.54 bits per heavy atom. The number of amides is 1. The zero-order valence-electron chi connectivity index (χ0n) is 14.7. The van der Waals surface area contributed by atoms with Crippen LogP contribution < -0.4 is 0 Å². The van der Waals surface area contributed by atoms with Gasteiger partial charge in [-0.25, -0.2) is 13.6 Å². The maximum atomic E-state index is 14.0. The van der Waals surface area contributed by atoms with E-state index in [1.807, 2.05) is 6.92 Å². The first-order valence-electron chi connectivity index (χ1n) is 7.78. The normalized spacial score (nSPS) is 11.0. The van der Waals surface area contributed by atoms with E-state index >= 15 is 0 Å². The van der Waals surface area contributed by atoms with Gasteiger partial charge < -0.3 is 9.64 Å². The first kappa shape index (κ1) is 19.3. The minimum absolute atomic E-state index is 0.0337. The van der Waals surface area contributed by atoms with E-state index < -0.39 is 23.5 Å². The van der Waals surface area contributed by atoms with Crippen molar-refractivity contribution in [1.82, 2.24) is 14.7 Å².